The number of rotatable bonds is 44. The van der Waals surface area contributed by atoms with Gasteiger partial charge >= 0.3 is 17.9 Å². The SMILES string of the molecule is CCCCCCCCCCCCCCCC(=O)OC[C@H](COC(=O)CCCCCCCCCCCCC(C)C)OC(=O)CCCCCCCCCCCCC. The molecule has 0 aliphatic heterocycles. The van der Waals surface area contributed by atoms with Crippen LogP contribution in [0.25, 0.3) is 0 Å². The lowest BCUT2D eigenvalue weighted by Crippen LogP contribution is -2.30. The van der Waals surface area contributed by atoms with Crippen LogP contribution in [0.4, 0.5) is 0 Å². The molecule has 0 saturated carbocycles. The molecule has 0 unspecified atom stereocenters. The molecular formula is C49H94O6. The third-order valence-electron chi connectivity index (χ3n) is 11.0. The van der Waals surface area contributed by atoms with Gasteiger partial charge in [-0.3, -0.25) is 14.4 Å². The first-order valence-corrected chi connectivity index (χ1v) is 24.4. The van der Waals surface area contributed by atoms with Gasteiger partial charge in [-0.1, -0.05) is 233 Å². The second-order valence-electron chi connectivity index (χ2n) is 17.2. The Bertz CT molecular complexity index is 826. The summed E-state index contributed by atoms with van der Waals surface area (Å²) in [5.74, 6) is -0.0310. The third kappa shape index (κ3) is 43.4. The molecule has 0 amide bonds. The summed E-state index contributed by atoms with van der Waals surface area (Å²) in [5, 5.41) is 0. The normalized spacial score (nSPS) is 11.9. The van der Waals surface area contributed by atoms with Gasteiger partial charge in [0.25, 0.3) is 0 Å². The van der Waals surface area contributed by atoms with Crippen molar-refractivity contribution in [2.75, 3.05) is 13.2 Å². The predicted molar refractivity (Wildman–Crippen MR) is 233 cm³/mol. The van der Waals surface area contributed by atoms with Crippen LogP contribution in [-0.4, -0.2) is 37.2 Å². The van der Waals surface area contributed by atoms with E-state index in [-0.39, 0.29) is 31.1 Å². The minimum absolute atomic E-state index is 0.0632. The fraction of sp³-hybridized carbons (Fsp3) is 0.939. The summed E-state index contributed by atoms with van der Waals surface area (Å²) in [5.41, 5.74) is 0. The average molecular weight is 779 g/mol. The van der Waals surface area contributed by atoms with E-state index in [2.05, 4.69) is 27.7 Å². The quantitative estimate of drug-likeness (QED) is 0.0348. The summed E-state index contributed by atoms with van der Waals surface area (Å²) >= 11 is 0. The van der Waals surface area contributed by atoms with E-state index in [1.165, 1.54) is 167 Å². The first-order valence-electron chi connectivity index (χ1n) is 24.4. The van der Waals surface area contributed by atoms with Gasteiger partial charge in [-0.05, 0) is 25.2 Å². The summed E-state index contributed by atoms with van der Waals surface area (Å²) in [6.45, 7) is 8.99. The number of hydrogen-bond acceptors (Lipinski definition) is 6. The Kier molecular flexibility index (Phi) is 42.3. The minimum atomic E-state index is -0.759. The average Bonchev–Trinajstić information content (AvgIpc) is 3.17. The van der Waals surface area contributed by atoms with Crippen molar-refractivity contribution in [2.24, 2.45) is 5.92 Å². The molecule has 6 nitrogen and oxygen atoms in total. The van der Waals surface area contributed by atoms with Crippen LogP contribution in [0.2, 0.25) is 0 Å². The Morgan fingerprint density at radius 1 is 0.345 bits per heavy atom. The summed E-state index contributed by atoms with van der Waals surface area (Å²) in [4.78, 5) is 37.8. The van der Waals surface area contributed by atoms with Gasteiger partial charge in [-0.2, -0.15) is 0 Å². The second-order valence-corrected chi connectivity index (χ2v) is 17.2. The van der Waals surface area contributed by atoms with Crippen LogP contribution in [0.15, 0.2) is 0 Å². The highest BCUT2D eigenvalue weighted by Crippen LogP contribution is 2.16. The van der Waals surface area contributed by atoms with Crippen LogP contribution in [0, 0.1) is 5.92 Å². The molecule has 0 N–H and O–H groups in total. The van der Waals surface area contributed by atoms with Crippen molar-refractivity contribution in [3.05, 3.63) is 0 Å². The van der Waals surface area contributed by atoms with Gasteiger partial charge in [-0.15, -0.1) is 0 Å². The number of hydrogen-bond donors (Lipinski definition) is 0. The summed E-state index contributed by atoms with van der Waals surface area (Å²) in [6, 6.07) is 0. The fourth-order valence-electron chi connectivity index (χ4n) is 7.33. The number of esters is 3. The Hall–Kier alpha value is -1.59. The van der Waals surface area contributed by atoms with Gasteiger partial charge in [0.2, 0.25) is 0 Å². The van der Waals surface area contributed by atoms with Crippen molar-refractivity contribution in [1.82, 2.24) is 0 Å². The largest absolute Gasteiger partial charge is 0.462 e. The van der Waals surface area contributed by atoms with Gasteiger partial charge in [0.1, 0.15) is 13.2 Å². The number of unbranched alkanes of at least 4 members (excludes halogenated alkanes) is 31. The van der Waals surface area contributed by atoms with Crippen LogP contribution < -0.4 is 0 Å². The first-order chi connectivity index (χ1) is 26.9. The molecule has 0 aromatic rings. The maximum atomic E-state index is 12.7. The van der Waals surface area contributed by atoms with E-state index in [1.807, 2.05) is 0 Å². The molecule has 0 aliphatic rings. The van der Waals surface area contributed by atoms with Crippen LogP contribution in [0.5, 0.6) is 0 Å². The molecule has 0 rings (SSSR count). The first kappa shape index (κ1) is 53.4. The Labute approximate surface area is 342 Å². The Balaban J connectivity index is 4.31. The zero-order valence-electron chi connectivity index (χ0n) is 37.4. The summed E-state index contributed by atoms with van der Waals surface area (Å²) < 4.78 is 16.8. The van der Waals surface area contributed by atoms with E-state index in [4.69, 9.17) is 14.2 Å². The highest BCUT2D eigenvalue weighted by molar-refractivity contribution is 5.71. The van der Waals surface area contributed by atoms with Gasteiger partial charge in [0.15, 0.2) is 6.10 Å². The molecular weight excluding hydrogens is 685 g/mol. The van der Waals surface area contributed by atoms with Gasteiger partial charge < -0.3 is 14.2 Å². The highest BCUT2D eigenvalue weighted by atomic mass is 16.6. The fourth-order valence-corrected chi connectivity index (χ4v) is 7.33. The van der Waals surface area contributed by atoms with E-state index in [1.54, 1.807) is 0 Å². The minimum Gasteiger partial charge on any atom is -0.462 e. The lowest BCUT2D eigenvalue weighted by atomic mass is 10.0. The molecule has 0 heterocycles. The number of carbonyl (C=O) groups is 3. The van der Waals surface area contributed by atoms with Crippen LogP contribution >= 0.6 is 0 Å². The number of carbonyl (C=O) groups excluding carboxylic acids is 3. The molecule has 0 spiro atoms. The van der Waals surface area contributed by atoms with E-state index in [9.17, 15) is 14.4 Å². The summed E-state index contributed by atoms with van der Waals surface area (Å²) in [7, 11) is 0. The van der Waals surface area contributed by atoms with E-state index < -0.39 is 6.10 Å². The highest BCUT2D eigenvalue weighted by Gasteiger charge is 2.19. The predicted octanol–water partition coefficient (Wildman–Crippen LogP) is 15.5. The molecule has 0 radical (unpaired) electrons. The van der Waals surface area contributed by atoms with E-state index in [0.717, 1.165) is 63.7 Å². The monoisotopic (exact) mass is 779 g/mol. The zero-order chi connectivity index (χ0) is 40.3. The smallest absolute Gasteiger partial charge is 0.306 e. The molecule has 55 heavy (non-hydrogen) atoms. The maximum Gasteiger partial charge on any atom is 0.306 e. The van der Waals surface area contributed by atoms with Crippen LogP contribution in [0.1, 0.15) is 272 Å². The lowest BCUT2D eigenvalue weighted by Gasteiger charge is -2.18. The number of ether oxygens (including phenoxy) is 3. The molecule has 0 aromatic heterocycles. The van der Waals surface area contributed by atoms with E-state index >= 15 is 0 Å². The van der Waals surface area contributed by atoms with Crippen LogP contribution in [-0.2, 0) is 28.6 Å². The maximum absolute atomic E-state index is 12.7. The lowest BCUT2D eigenvalue weighted by molar-refractivity contribution is -0.167. The summed E-state index contributed by atoms with van der Waals surface area (Å²) in [6.07, 6.45) is 43.7. The van der Waals surface area contributed by atoms with E-state index in [0.29, 0.717) is 19.3 Å². The Morgan fingerprint density at radius 2 is 0.600 bits per heavy atom. The second kappa shape index (κ2) is 43.5. The Morgan fingerprint density at radius 3 is 0.891 bits per heavy atom. The standard InChI is InChI=1S/C49H94O6/c1-5-7-9-11-13-15-17-18-20-24-28-32-36-40-47(50)53-43-46(55-49(52)42-38-34-30-26-19-16-14-12-10-8-6-2)44-54-48(51)41-37-33-29-25-22-21-23-27-31-35-39-45(3)4/h45-46H,5-44H2,1-4H3/t46-/m1/s1. The topological polar surface area (TPSA) is 78.9 Å². The van der Waals surface area contributed by atoms with Gasteiger partial charge in [0, 0.05) is 19.3 Å². The van der Waals surface area contributed by atoms with Crippen LogP contribution in [0.3, 0.4) is 0 Å². The zero-order valence-corrected chi connectivity index (χ0v) is 37.4. The van der Waals surface area contributed by atoms with Crippen molar-refractivity contribution in [3.8, 4) is 0 Å². The molecule has 0 fully saturated rings. The molecule has 0 aliphatic carbocycles. The van der Waals surface area contributed by atoms with Gasteiger partial charge in [-0.25, -0.2) is 0 Å². The van der Waals surface area contributed by atoms with Crippen molar-refractivity contribution in [1.29, 1.82) is 0 Å². The molecule has 0 bridgehead atoms. The van der Waals surface area contributed by atoms with Crippen molar-refractivity contribution in [3.63, 3.8) is 0 Å². The van der Waals surface area contributed by atoms with Gasteiger partial charge in [0.05, 0.1) is 0 Å². The molecule has 326 valence electrons. The molecule has 1 atom stereocenters. The molecule has 0 aromatic carbocycles. The molecule has 0 saturated heterocycles. The van der Waals surface area contributed by atoms with Crippen molar-refractivity contribution >= 4 is 17.9 Å². The van der Waals surface area contributed by atoms with Crippen molar-refractivity contribution < 1.29 is 28.6 Å². The molecule has 6 heteroatoms. The third-order valence-corrected chi connectivity index (χ3v) is 11.0. The van der Waals surface area contributed by atoms with Crippen molar-refractivity contribution in [2.45, 2.75) is 278 Å².